The van der Waals surface area contributed by atoms with Crippen LogP contribution in [0, 0.1) is 13.8 Å². The summed E-state index contributed by atoms with van der Waals surface area (Å²) in [4.78, 5) is 11.5. The zero-order chi connectivity index (χ0) is 17.9. The molecule has 0 bridgehead atoms. The Bertz CT molecular complexity index is 829. The van der Waals surface area contributed by atoms with E-state index in [9.17, 15) is 8.42 Å². The standard InChI is InChI=1S/C18H24N4O2S/c1-14-6-8-17(9-7-14)25(23,24)19-13-16-12-15(2)20-18(21-16)22-10-4-3-5-11-22/h6-9,12,19H,3-5,10-11,13H2,1-2H3. The molecule has 1 saturated heterocycles. The number of hydrogen-bond acceptors (Lipinski definition) is 5. The number of rotatable bonds is 5. The van der Waals surface area contributed by atoms with Crippen molar-refractivity contribution >= 4 is 16.0 Å². The lowest BCUT2D eigenvalue weighted by molar-refractivity contribution is 0.565. The largest absolute Gasteiger partial charge is 0.341 e. The van der Waals surface area contributed by atoms with Gasteiger partial charge in [0.1, 0.15) is 0 Å². The topological polar surface area (TPSA) is 75.2 Å². The van der Waals surface area contributed by atoms with Crippen LogP contribution in [0.15, 0.2) is 35.2 Å². The fourth-order valence-electron chi connectivity index (χ4n) is 2.91. The average Bonchev–Trinajstić information content (AvgIpc) is 2.61. The molecule has 25 heavy (non-hydrogen) atoms. The van der Waals surface area contributed by atoms with Crippen molar-refractivity contribution in [1.82, 2.24) is 14.7 Å². The van der Waals surface area contributed by atoms with E-state index in [-0.39, 0.29) is 11.4 Å². The van der Waals surface area contributed by atoms with E-state index < -0.39 is 10.0 Å². The average molecular weight is 360 g/mol. The molecule has 1 N–H and O–H groups in total. The van der Waals surface area contributed by atoms with Crippen LogP contribution in [0.1, 0.15) is 36.2 Å². The Balaban J connectivity index is 1.74. The molecule has 0 unspecified atom stereocenters. The number of benzene rings is 1. The molecule has 1 fully saturated rings. The van der Waals surface area contributed by atoms with Gasteiger partial charge in [-0.2, -0.15) is 0 Å². The quantitative estimate of drug-likeness (QED) is 0.887. The van der Waals surface area contributed by atoms with Crippen molar-refractivity contribution in [2.45, 2.75) is 44.6 Å². The van der Waals surface area contributed by atoms with Crippen molar-refractivity contribution in [2.75, 3.05) is 18.0 Å². The molecular formula is C18H24N4O2S. The molecule has 0 atom stereocenters. The Morgan fingerprint density at radius 1 is 1.04 bits per heavy atom. The number of hydrogen-bond donors (Lipinski definition) is 1. The van der Waals surface area contributed by atoms with E-state index in [4.69, 9.17) is 0 Å². The summed E-state index contributed by atoms with van der Waals surface area (Å²) >= 11 is 0. The molecule has 1 aliphatic rings. The summed E-state index contributed by atoms with van der Waals surface area (Å²) in [5.74, 6) is 0.698. The third kappa shape index (κ3) is 4.55. The highest BCUT2D eigenvalue weighted by Gasteiger charge is 2.17. The van der Waals surface area contributed by atoms with Crippen LogP contribution in [0.25, 0.3) is 0 Å². The highest BCUT2D eigenvalue weighted by atomic mass is 32.2. The van der Waals surface area contributed by atoms with E-state index in [1.54, 1.807) is 24.3 Å². The van der Waals surface area contributed by atoms with Crippen LogP contribution in [0.3, 0.4) is 0 Å². The molecule has 7 heteroatoms. The number of anilines is 1. The van der Waals surface area contributed by atoms with Gasteiger partial charge in [-0.1, -0.05) is 17.7 Å². The van der Waals surface area contributed by atoms with Gasteiger partial charge >= 0.3 is 0 Å². The van der Waals surface area contributed by atoms with Gasteiger partial charge in [-0.05, 0) is 51.3 Å². The number of nitrogens with zero attached hydrogens (tertiary/aromatic N) is 3. The molecule has 0 radical (unpaired) electrons. The second-order valence-electron chi connectivity index (χ2n) is 6.49. The Kier molecular flexibility index (Phi) is 5.34. The molecule has 1 aliphatic heterocycles. The predicted octanol–water partition coefficient (Wildman–Crippen LogP) is 2.56. The maximum atomic E-state index is 12.4. The van der Waals surface area contributed by atoms with Crippen LogP contribution >= 0.6 is 0 Å². The van der Waals surface area contributed by atoms with Gasteiger partial charge in [0, 0.05) is 18.8 Å². The number of sulfonamides is 1. The second kappa shape index (κ2) is 7.49. The highest BCUT2D eigenvalue weighted by Crippen LogP contribution is 2.17. The summed E-state index contributed by atoms with van der Waals surface area (Å²) in [6.45, 7) is 5.90. The smallest absolute Gasteiger partial charge is 0.240 e. The summed E-state index contributed by atoms with van der Waals surface area (Å²) in [5, 5.41) is 0. The number of nitrogens with one attached hydrogen (secondary N) is 1. The third-order valence-electron chi connectivity index (χ3n) is 4.31. The lowest BCUT2D eigenvalue weighted by atomic mass is 10.1. The van der Waals surface area contributed by atoms with Crippen LogP contribution in [0.2, 0.25) is 0 Å². The van der Waals surface area contributed by atoms with Gasteiger partial charge in [-0.15, -0.1) is 0 Å². The highest BCUT2D eigenvalue weighted by molar-refractivity contribution is 7.89. The lowest BCUT2D eigenvalue weighted by Gasteiger charge is -2.27. The zero-order valence-electron chi connectivity index (χ0n) is 14.7. The Hall–Kier alpha value is -1.99. The fraction of sp³-hybridized carbons (Fsp3) is 0.444. The second-order valence-corrected chi connectivity index (χ2v) is 8.25. The van der Waals surface area contributed by atoms with Crippen molar-refractivity contribution in [1.29, 1.82) is 0 Å². The summed E-state index contributed by atoms with van der Waals surface area (Å²) in [6, 6.07) is 8.63. The van der Waals surface area contributed by atoms with Gasteiger partial charge in [0.2, 0.25) is 16.0 Å². The molecular weight excluding hydrogens is 336 g/mol. The van der Waals surface area contributed by atoms with Crippen molar-refractivity contribution in [3.63, 3.8) is 0 Å². The fourth-order valence-corrected chi connectivity index (χ4v) is 3.91. The third-order valence-corrected chi connectivity index (χ3v) is 5.73. The number of piperidine rings is 1. The van der Waals surface area contributed by atoms with Gasteiger partial charge in [-0.25, -0.2) is 23.1 Å². The van der Waals surface area contributed by atoms with E-state index in [1.807, 2.05) is 19.9 Å². The van der Waals surface area contributed by atoms with Crippen LogP contribution in [-0.4, -0.2) is 31.5 Å². The van der Waals surface area contributed by atoms with Crippen LogP contribution < -0.4 is 9.62 Å². The van der Waals surface area contributed by atoms with E-state index in [0.29, 0.717) is 11.6 Å². The Morgan fingerprint density at radius 2 is 1.72 bits per heavy atom. The minimum absolute atomic E-state index is 0.153. The molecule has 0 aliphatic carbocycles. The molecule has 0 saturated carbocycles. The van der Waals surface area contributed by atoms with Crippen LogP contribution in [0.5, 0.6) is 0 Å². The van der Waals surface area contributed by atoms with Crippen molar-refractivity contribution < 1.29 is 8.42 Å². The monoisotopic (exact) mass is 360 g/mol. The maximum Gasteiger partial charge on any atom is 0.240 e. The minimum Gasteiger partial charge on any atom is -0.341 e. The van der Waals surface area contributed by atoms with E-state index >= 15 is 0 Å². The van der Waals surface area contributed by atoms with Crippen LogP contribution in [-0.2, 0) is 16.6 Å². The first-order valence-corrected chi connectivity index (χ1v) is 10.1. The lowest BCUT2D eigenvalue weighted by Crippen LogP contribution is -2.32. The van der Waals surface area contributed by atoms with E-state index in [1.165, 1.54) is 6.42 Å². The van der Waals surface area contributed by atoms with E-state index in [0.717, 1.165) is 37.2 Å². The summed E-state index contributed by atoms with van der Waals surface area (Å²) in [5.41, 5.74) is 2.56. The van der Waals surface area contributed by atoms with Gasteiger partial charge in [0.25, 0.3) is 0 Å². The summed E-state index contributed by atoms with van der Waals surface area (Å²) in [7, 11) is -3.55. The zero-order valence-corrected chi connectivity index (χ0v) is 15.5. The molecule has 2 heterocycles. The molecule has 1 aromatic carbocycles. The normalized spacial score (nSPS) is 15.4. The molecule has 3 rings (SSSR count). The maximum absolute atomic E-state index is 12.4. The first-order valence-electron chi connectivity index (χ1n) is 8.60. The van der Waals surface area contributed by atoms with Crippen molar-refractivity contribution in [3.8, 4) is 0 Å². The summed E-state index contributed by atoms with van der Waals surface area (Å²) in [6.07, 6.45) is 3.53. The summed E-state index contributed by atoms with van der Waals surface area (Å²) < 4.78 is 27.5. The first kappa shape index (κ1) is 17.8. The minimum atomic E-state index is -3.55. The van der Waals surface area contributed by atoms with E-state index in [2.05, 4.69) is 19.6 Å². The predicted molar refractivity (Wildman–Crippen MR) is 98.0 cm³/mol. The van der Waals surface area contributed by atoms with Crippen molar-refractivity contribution in [2.24, 2.45) is 0 Å². The molecule has 1 aromatic heterocycles. The first-order chi connectivity index (χ1) is 11.9. The molecule has 6 nitrogen and oxygen atoms in total. The van der Waals surface area contributed by atoms with Gasteiger partial charge < -0.3 is 4.90 Å². The number of aromatic nitrogens is 2. The molecule has 0 spiro atoms. The van der Waals surface area contributed by atoms with Crippen LogP contribution in [0.4, 0.5) is 5.95 Å². The van der Waals surface area contributed by atoms with Gasteiger partial charge in [0.05, 0.1) is 17.1 Å². The Labute approximate surface area is 149 Å². The molecule has 134 valence electrons. The van der Waals surface area contributed by atoms with Gasteiger partial charge in [0.15, 0.2) is 0 Å². The molecule has 2 aromatic rings. The van der Waals surface area contributed by atoms with Crippen molar-refractivity contribution in [3.05, 3.63) is 47.3 Å². The number of aryl methyl sites for hydroxylation is 2. The SMILES string of the molecule is Cc1ccc(S(=O)(=O)NCc2cc(C)nc(N3CCCCC3)n2)cc1. The van der Waals surface area contributed by atoms with Gasteiger partial charge in [-0.3, -0.25) is 0 Å². The Morgan fingerprint density at radius 3 is 2.40 bits per heavy atom. The molecule has 0 amide bonds.